The summed E-state index contributed by atoms with van der Waals surface area (Å²) in [6.07, 6.45) is 0. The Kier molecular flexibility index (Phi) is 5.56. The molecule has 0 bridgehead atoms. The van der Waals surface area contributed by atoms with Crippen molar-refractivity contribution in [1.29, 1.82) is 0 Å². The number of methoxy groups -OCH3 is 1. The second kappa shape index (κ2) is 8.03. The smallest absolute Gasteiger partial charge is 0.279 e. The van der Waals surface area contributed by atoms with Gasteiger partial charge in [-0.3, -0.25) is 4.79 Å². The minimum Gasteiger partial charge on any atom is -0.495 e. The van der Waals surface area contributed by atoms with Crippen molar-refractivity contribution in [3.8, 4) is 5.75 Å². The average Bonchev–Trinajstić information content (AvgIpc) is 2.64. The van der Waals surface area contributed by atoms with E-state index in [1.165, 1.54) is 10.5 Å². The molecule has 1 fully saturated rings. The molecule has 1 heterocycles. The van der Waals surface area contributed by atoms with Gasteiger partial charge in [-0.05, 0) is 31.2 Å². The summed E-state index contributed by atoms with van der Waals surface area (Å²) in [5.74, 6) is 0.979. The maximum absolute atomic E-state index is 12.3. The van der Waals surface area contributed by atoms with Crippen LogP contribution in [0.1, 0.15) is 5.56 Å². The SMILES string of the molecule is COc1ccccc1N1CC[NH+](CC(=O)Nc2ccc(C)cc2)CC1. The van der Waals surface area contributed by atoms with Gasteiger partial charge in [-0.1, -0.05) is 29.8 Å². The van der Waals surface area contributed by atoms with Gasteiger partial charge in [0.15, 0.2) is 6.54 Å². The van der Waals surface area contributed by atoms with Crippen molar-refractivity contribution >= 4 is 17.3 Å². The van der Waals surface area contributed by atoms with E-state index >= 15 is 0 Å². The van der Waals surface area contributed by atoms with Crippen LogP contribution in [0.25, 0.3) is 0 Å². The van der Waals surface area contributed by atoms with Crippen molar-refractivity contribution in [3.63, 3.8) is 0 Å². The summed E-state index contributed by atoms with van der Waals surface area (Å²) in [5.41, 5.74) is 3.19. The summed E-state index contributed by atoms with van der Waals surface area (Å²) in [6.45, 7) is 6.28. The summed E-state index contributed by atoms with van der Waals surface area (Å²) in [6, 6.07) is 16.0. The lowest BCUT2D eigenvalue weighted by Gasteiger charge is -2.34. The summed E-state index contributed by atoms with van der Waals surface area (Å²) in [7, 11) is 1.70. The molecule has 0 spiro atoms. The van der Waals surface area contributed by atoms with Gasteiger partial charge < -0.3 is 19.9 Å². The Bertz CT molecular complexity index is 707. The zero-order valence-corrected chi connectivity index (χ0v) is 14.9. The van der Waals surface area contributed by atoms with E-state index in [2.05, 4.69) is 16.3 Å². The Morgan fingerprint density at radius 2 is 1.80 bits per heavy atom. The Morgan fingerprint density at radius 1 is 1.12 bits per heavy atom. The molecule has 5 nitrogen and oxygen atoms in total. The maximum Gasteiger partial charge on any atom is 0.279 e. The van der Waals surface area contributed by atoms with E-state index < -0.39 is 0 Å². The van der Waals surface area contributed by atoms with Gasteiger partial charge in [-0.25, -0.2) is 0 Å². The predicted octanol–water partition coefficient (Wildman–Crippen LogP) is 1.35. The molecule has 0 aliphatic carbocycles. The highest BCUT2D eigenvalue weighted by molar-refractivity contribution is 5.91. The summed E-state index contributed by atoms with van der Waals surface area (Å²) < 4.78 is 5.45. The molecule has 0 atom stereocenters. The van der Waals surface area contributed by atoms with Gasteiger partial charge in [-0.15, -0.1) is 0 Å². The quantitative estimate of drug-likeness (QED) is 0.864. The number of hydrogen-bond donors (Lipinski definition) is 2. The minimum atomic E-state index is 0.0737. The van der Waals surface area contributed by atoms with Gasteiger partial charge in [-0.2, -0.15) is 0 Å². The molecule has 0 unspecified atom stereocenters. The summed E-state index contributed by atoms with van der Waals surface area (Å²) in [5, 5.41) is 2.98. The second-order valence-corrected chi connectivity index (χ2v) is 6.50. The number of para-hydroxylation sites is 2. The third kappa shape index (κ3) is 4.51. The number of quaternary nitrogens is 1. The van der Waals surface area contributed by atoms with Gasteiger partial charge in [0.25, 0.3) is 5.91 Å². The fraction of sp³-hybridized carbons (Fsp3) is 0.350. The van der Waals surface area contributed by atoms with E-state index in [1.807, 2.05) is 49.4 Å². The lowest BCUT2D eigenvalue weighted by molar-refractivity contribution is -0.892. The van der Waals surface area contributed by atoms with E-state index in [1.54, 1.807) is 7.11 Å². The van der Waals surface area contributed by atoms with Crippen LogP contribution in [-0.4, -0.2) is 45.7 Å². The van der Waals surface area contributed by atoms with Crippen LogP contribution in [0, 0.1) is 6.92 Å². The molecule has 0 aromatic heterocycles. The standard InChI is InChI=1S/C20H25N3O2/c1-16-7-9-17(10-8-16)21-20(24)15-22-11-13-23(14-12-22)18-5-3-4-6-19(18)25-2/h3-10H,11-15H2,1-2H3,(H,21,24)/p+1. The van der Waals surface area contributed by atoms with Crippen molar-refractivity contribution in [2.24, 2.45) is 0 Å². The van der Waals surface area contributed by atoms with E-state index in [-0.39, 0.29) is 5.91 Å². The number of ether oxygens (including phenoxy) is 1. The molecule has 1 amide bonds. The van der Waals surface area contributed by atoms with Crippen molar-refractivity contribution in [2.45, 2.75) is 6.92 Å². The average molecular weight is 340 g/mol. The Labute approximate surface area is 149 Å². The van der Waals surface area contributed by atoms with Crippen molar-refractivity contribution in [3.05, 3.63) is 54.1 Å². The molecule has 132 valence electrons. The first-order valence-corrected chi connectivity index (χ1v) is 8.74. The number of aryl methyl sites for hydroxylation is 1. The molecular formula is C20H26N3O2+. The highest BCUT2D eigenvalue weighted by Gasteiger charge is 2.23. The Balaban J connectivity index is 1.50. The molecular weight excluding hydrogens is 314 g/mol. The first-order chi connectivity index (χ1) is 12.2. The molecule has 25 heavy (non-hydrogen) atoms. The molecule has 2 aromatic rings. The number of rotatable bonds is 5. The normalized spacial score (nSPS) is 15.0. The molecule has 5 heteroatoms. The number of anilines is 2. The number of nitrogens with zero attached hydrogens (tertiary/aromatic N) is 1. The van der Waals surface area contributed by atoms with Gasteiger partial charge >= 0.3 is 0 Å². The molecule has 0 radical (unpaired) electrons. The molecule has 2 N–H and O–H groups in total. The zero-order chi connectivity index (χ0) is 17.6. The van der Waals surface area contributed by atoms with Crippen molar-refractivity contribution < 1.29 is 14.4 Å². The van der Waals surface area contributed by atoms with Crippen LogP contribution >= 0.6 is 0 Å². The second-order valence-electron chi connectivity index (χ2n) is 6.50. The topological polar surface area (TPSA) is 46.0 Å². The van der Waals surface area contributed by atoms with Crippen LogP contribution in [-0.2, 0) is 4.79 Å². The van der Waals surface area contributed by atoms with Crippen LogP contribution in [0.5, 0.6) is 5.75 Å². The van der Waals surface area contributed by atoms with E-state index in [9.17, 15) is 4.79 Å². The van der Waals surface area contributed by atoms with Gasteiger partial charge in [0.05, 0.1) is 39.0 Å². The molecule has 1 saturated heterocycles. The highest BCUT2D eigenvalue weighted by atomic mass is 16.5. The number of carbonyl (C=O) groups is 1. The monoisotopic (exact) mass is 340 g/mol. The third-order valence-corrected chi connectivity index (χ3v) is 4.64. The van der Waals surface area contributed by atoms with Crippen LogP contribution < -0.4 is 19.9 Å². The van der Waals surface area contributed by atoms with Gasteiger partial charge in [0.1, 0.15) is 5.75 Å². The molecule has 1 aliphatic heterocycles. The number of piperazine rings is 1. The molecule has 3 rings (SSSR count). The lowest BCUT2D eigenvalue weighted by Crippen LogP contribution is -3.15. The number of hydrogen-bond acceptors (Lipinski definition) is 3. The van der Waals surface area contributed by atoms with Gasteiger partial charge in [0, 0.05) is 5.69 Å². The number of carbonyl (C=O) groups excluding carboxylic acids is 1. The van der Waals surface area contributed by atoms with Crippen molar-refractivity contribution in [2.75, 3.05) is 50.1 Å². The minimum absolute atomic E-state index is 0.0737. The first-order valence-electron chi connectivity index (χ1n) is 8.74. The predicted molar refractivity (Wildman–Crippen MR) is 101 cm³/mol. The van der Waals surface area contributed by atoms with Crippen molar-refractivity contribution in [1.82, 2.24) is 0 Å². The fourth-order valence-electron chi connectivity index (χ4n) is 3.20. The van der Waals surface area contributed by atoms with E-state index in [0.29, 0.717) is 6.54 Å². The van der Waals surface area contributed by atoms with E-state index in [4.69, 9.17) is 4.74 Å². The summed E-state index contributed by atoms with van der Waals surface area (Å²) >= 11 is 0. The van der Waals surface area contributed by atoms with Crippen LogP contribution in [0.15, 0.2) is 48.5 Å². The van der Waals surface area contributed by atoms with Gasteiger partial charge in [0.2, 0.25) is 0 Å². The molecule has 0 saturated carbocycles. The zero-order valence-electron chi connectivity index (χ0n) is 14.9. The Hall–Kier alpha value is -2.53. The van der Waals surface area contributed by atoms with Crippen LogP contribution in [0.2, 0.25) is 0 Å². The summed E-state index contributed by atoms with van der Waals surface area (Å²) in [4.78, 5) is 15.9. The molecule has 2 aromatic carbocycles. The third-order valence-electron chi connectivity index (χ3n) is 4.64. The van der Waals surface area contributed by atoms with Crippen LogP contribution in [0.3, 0.4) is 0 Å². The maximum atomic E-state index is 12.3. The van der Waals surface area contributed by atoms with E-state index in [0.717, 1.165) is 43.3 Å². The molecule has 1 aliphatic rings. The number of benzene rings is 2. The highest BCUT2D eigenvalue weighted by Crippen LogP contribution is 2.27. The lowest BCUT2D eigenvalue weighted by atomic mass is 10.2. The number of nitrogens with one attached hydrogen (secondary N) is 2. The number of amides is 1. The Morgan fingerprint density at radius 3 is 2.48 bits per heavy atom. The largest absolute Gasteiger partial charge is 0.495 e. The first kappa shape index (κ1) is 17.3. The van der Waals surface area contributed by atoms with Crippen LogP contribution in [0.4, 0.5) is 11.4 Å². The fourth-order valence-corrected chi connectivity index (χ4v) is 3.20.